The Morgan fingerprint density at radius 1 is 1.03 bits per heavy atom. The van der Waals surface area contributed by atoms with E-state index in [0.717, 1.165) is 11.0 Å². The highest BCUT2D eigenvalue weighted by Gasteiger charge is 2.64. The predicted octanol–water partition coefficient (Wildman–Crippen LogP) is 2.35. The predicted molar refractivity (Wildman–Crippen MR) is 115 cm³/mol. The molecule has 2 amide bonds. The standard InChI is InChI=1S/C24H18FN3O5/c1-13(29)33-17-9-7-14(8-10-17)22(30)21-20-19(18-6-3-11-26-28(18)21)23(31)27(24(20)32)16-5-2-4-15(25)12-16/h2-12,18-21H,1H3/t18-,19-,20-,21+/m1/s1. The van der Waals surface area contributed by atoms with E-state index in [-0.39, 0.29) is 17.0 Å². The number of hydrogen-bond acceptors (Lipinski definition) is 7. The molecule has 3 aliphatic heterocycles. The van der Waals surface area contributed by atoms with Gasteiger partial charge in [0, 0.05) is 18.7 Å². The van der Waals surface area contributed by atoms with Crippen LogP contribution in [0, 0.1) is 17.7 Å². The molecule has 0 aliphatic carbocycles. The van der Waals surface area contributed by atoms with Crippen molar-refractivity contribution in [2.75, 3.05) is 4.90 Å². The van der Waals surface area contributed by atoms with Gasteiger partial charge in [0.2, 0.25) is 11.8 Å². The summed E-state index contributed by atoms with van der Waals surface area (Å²) in [6.45, 7) is 1.27. The number of halogens is 1. The van der Waals surface area contributed by atoms with E-state index in [1.165, 1.54) is 60.6 Å². The average molecular weight is 447 g/mol. The molecule has 8 nitrogen and oxygen atoms in total. The van der Waals surface area contributed by atoms with Crippen LogP contribution in [0.3, 0.4) is 0 Å². The number of imide groups is 1. The number of carbonyl (C=O) groups excluding carboxylic acids is 4. The van der Waals surface area contributed by atoms with Crippen LogP contribution in [-0.2, 0) is 14.4 Å². The van der Waals surface area contributed by atoms with Crippen LogP contribution < -0.4 is 9.64 Å². The monoisotopic (exact) mass is 447 g/mol. The minimum atomic E-state index is -1.02. The van der Waals surface area contributed by atoms with E-state index in [9.17, 15) is 23.6 Å². The number of hydrogen-bond donors (Lipinski definition) is 0. The molecule has 2 saturated heterocycles. The lowest BCUT2D eigenvalue weighted by molar-refractivity contribution is -0.132. The maximum Gasteiger partial charge on any atom is 0.308 e. The Bertz CT molecular complexity index is 1240. The van der Waals surface area contributed by atoms with Crippen molar-refractivity contribution in [1.82, 2.24) is 5.01 Å². The quantitative estimate of drug-likeness (QED) is 0.309. The molecule has 0 N–H and O–H groups in total. The molecule has 0 spiro atoms. The van der Waals surface area contributed by atoms with Gasteiger partial charge in [0.15, 0.2) is 5.78 Å². The Kier molecular flexibility index (Phi) is 4.88. The van der Waals surface area contributed by atoms with Crippen LogP contribution in [0.25, 0.3) is 0 Å². The molecule has 4 atom stereocenters. The first kappa shape index (κ1) is 20.7. The van der Waals surface area contributed by atoms with Crippen LogP contribution in [0.5, 0.6) is 5.75 Å². The van der Waals surface area contributed by atoms with Crippen LogP contribution >= 0.6 is 0 Å². The zero-order valence-electron chi connectivity index (χ0n) is 17.4. The summed E-state index contributed by atoms with van der Waals surface area (Å²) in [5.41, 5.74) is 0.413. The largest absolute Gasteiger partial charge is 0.427 e. The van der Waals surface area contributed by atoms with Gasteiger partial charge in [0.25, 0.3) is 0 Å². The topological polar surface area (TPSA) is 96.3 Å². The summed E-state index contributed by atoms with van der Waals surface area (Å²) in [4.78, 5) is 52.4. The summed E-state index contributed by atoms with van der Waals surface area (Å²) >= 11 is 0. The van der Waals surface area contributed by atoms with Gasteiger partial charge in [-0.3, -0.25) is 24.2 Å². The second kappa shape index (κ2) is 7.77. The maximum absolute atomic E-state index is 13.8. The molecule has 0 bridgehead atoms. The van der Waals surface area contributed by atoms with E-state index in [4.69, 9.17) is 4.74 Å². The normalized spacial score (nSPS) is 25.3. The van der Waals surface area contributed by atoms with Crippen molar-refractivity contribution in [3.05, 3.63) is 72.1 Å². The Morgan fingerprint density at radius 2 is 1.76 bits per heavy atom. The SMILES string of the molecule is CC(=O)Oc1ccc(C(=O)[C@@H]2[C@@H]3C(=O)N(c4cccc(F)c4)C(=O)[C@@H]3[C@H]3C=CC=NN32)cc1. The van der Waals surface area contributed by atoms with Gasteiger partial charge in [-0.25, -0.2) is 9.29 Å². The molecule has 33 heavy (non-hydrogen) atoms. The van der Waals surface area contributed by atoms with Crippen molar-refractivity contribution < 1.29 is 28.3 Å². The lowest BCUT2D eigenvalue weighted by Gasteiger charge is -2.30. The number of hydrazone groups is 1. The first-order chi connectivity index (χ1) is 15.9. The molecule has 2 fully saturated rings. The van der Waals surface area contributed by atoms with Crippen LogP contribution in [0.2, 0.25) is 0 Å². The summed E-state index contributed by atoms with van der Waals surface area (Å²) < 4.78 is 18.8. The molecule has 166 valence electrons. The molecule has 9 heteroatoms. The highest BCUT2D eigenvalue weighted by atomic mass is 19.1. The van der Waals surface area contributed by atoms with Gasteiger partial charge in [-0.05, 0) is 48.5 Å². The number of amides is 2. The van der Waals surface area contributed by atoms with Gasteiger partial charge in [-0.1, -0.05) is 12.1 Å². The smallest absolute Gasteiger partial charge is 0.308 e. The Labute approximate surface area is 187 Å². The van der Waals surface area contributed by atoms with Gasteiger partial charge in [-0.2, -0.15) is 5.10 Å². The highest BCUT2D eigenvalue weighted by molar-refractivity contribution is 6.24. The number of nitrogens with zero attached hydrogens (tertiary/aromatic N) is 3. The second-order valence-corrected chi connectivity index (χ2v) is 7.99. The number of carbonyl (C=O) groups is 4. The Hall–Kier alpha value is -4.14. The summed E-state index contributed by atoms with van der Waals surface area (Å²) in [5.74, 6) is -4.04. The summed E-state index contributed by atoms with van der Waals surface area (Å²) in [6.07, 6.45) is 4.91. The molecule has 0 unspecified atom stereocenters. The van der Waals surface area contributed by atoms with E-state index in [2.05, 4.69) is 5.10 Å². The maximum atomic E-state index is 13.8. The molecule has 0 aromatic heterocycles. The minimum Gasteiger partial charge on any atom is -0.427 e. The number of anilines is 1. The summed E-state index contributed by atoms with van der Waals surface area (Å²) in [7, 11) is 0. The van der Waals surface area contributed by atoms with E-state index >= 15 is 0 Å². The van der Waals surface area contributed by atoms with Crippen LogP contribution in [-0.4, -0.2) is 46.9 Å². The van der Waals surface area contributed by atoms with Crippen LogP contribution in [0.4, 0.5) is 10.1 Å². The number of allylic oxidation sites excluding steroid dienone is 1. The third kappa shape index (κ3) is 3.32. The van der Waals surface area contributed by atoms with Gasteiger partial charge in [0.05, 0.1) is 23.6 Å². The number of esters is 1. The molecule has 2 aromatic rings. The molecule has 0 saturated carbocycles. The Balaban J connectivity index is 1.52. The number of benzene rings is 2. The lowest BCUT2D eigenvalue weighted by Crippen LogP contribution is -2.46. The van der Waals surface area contributed by atoms with Crippen LogP contribution in [0.15, 0.2) is 65.8 Å². The molecule has 5 rings (SSSR count). The van der Waals surface area contributed by atoms with E-state index < -0.39 is 53.3 Å². The van der Waals surface area contributed by atoms with E-state index in [1.54, 1.807) is 12.2 Å². The van der Waals surface area contributed by atoms with E-state index in [0.29, 0.717) is 0 Å². The zero-order chi connectivity index (χ0) is 23.3. The fourth-order valence-corrected chi connectivity index (χ4v) is 4.73. The van der Waals surface area contributed by atoms with Crippen LogP contribution in [0.1, 0.15) is 17.3 Å². The summed E-state index contributed by atoms with van der Waals surface area (Å²) in [5, 5.41) is 5.78. The lowest BCUT2D eigenvalue weighted by atomic mass is 9.86. The molecular weight excluding hydrogens is 429 g/mol. The number of rotatable bonds is 4. The first-order valence-electron chi connectivity index (χ1n) is 10.3. The molecular formula is C24H18FN3O5. The fourth-order valence-electron chi connectivity index (χ4n) is 4.73. The van der Waals surface area contributed by atoms with Crippen molar-refractivity contribution in [3.63, 3.8) is 0 Å². The molecule has 3 aliphatic rings. The second-order valence-electron chi connectivity index (χ2n) is 7.99. The molecule has 0 radical (unpaired) electrons. The third-order valence-electron chi connectivity index (χ3n) is 6.03. The average Bonchev–Trinajstić information content (AvgIpc) is 3.26. The number of fused-ring (bicyclic) bond motifs is 3. The van der Waals surface area contributed by atoms with E-state index in [1.807, 2.05) is 0 Å². The van der Waals surface area contributed by atoms with Gasteiger partial charge in [-0.15, -0.1) is 0 Å². The van der Waals surface area contributed by atoms with Crippen molar-refractivity contribution in [1.29, 1.82) is 0 Å². The van der Waals surface area contributed by atoms with Crippen molar-refractivity contribution in [2.24, 2.45) is 16.9 Å². The van der Waals surface area contributed by atoms with Gasteiger partial charge < -0.3 is 4.74 Å². The van der Waals surface area contributed by atoms with Gasteiger partial charge >= 0.3 is 5.97 Å². The van der Waals surface area contributed by atoms with Crippen molar-refractivity contribution in [3.8, 4) is 5.75 Å². The highest BCUT2D eigenvalue weighted by Crippen LogP contribution is 2.46. The summed E-state index contributed by atoms with van der Waals surface area (Å²) in [6, 6.07) is 9.61. The third-order valence-corrected chi connectivity index (χ3v) is 6.03. The number of ether oxygens (including phenoxy) is 1. The zero-order valence-corrected chi connectivity index (χ0v) is 17.4. The van der Waals surface area contributed by atoms with Crippen molar-refractivity contribution in [2.45, 2.75) is 19.0 Å². The van der Waals surface area contributed by atoms with Gasteiger partial charge in [0.1, 0.15) is 17.6 Å². The first-order valence-corrected chi connectivity index (χ1v) is 10.3. The number of ketones is 1. The number of Topliss-reactive ketones (excluding diaryl/α,β-unsaturated/α-hetero) is 1. The Morgan fingerprint density at radius 3 is 2.45 bits per heavy atom. The molecule has 3 heterocycles. The molecule has 2 aromatic carbocycles. The fraction of sp³-hybridized carbons (Fsp3) is 0.208. The van der Waals surface area contributed by atoms with Crippen molar-refractivity contribution >= 4 is 35.5 Å². The minimum absolute atomic E-state index is 0.131.